The molecule has 7 heteroatoms. The zero-order valence-corrected chi connectivity index (χ0v) is 14.0. The third-order valence-corrected chi connectivity index (χ3v) is 5.28. The zero-order valence-electron chi connectivity index (χ0n) is 13.2. The monoisotopic (exact) mass is 314 g/mol. The van der Waals surface area contributed by atoms with Crippen molar-refractivity contribution in [3.8, 4) is 0 Å². The van der Waals surface area contributed by atoms with Gasteiger partial charge < -0.3 is 5.32 Å². The largest absolute Gasteiger partial charge is 0.313 e. The summed E-state index contributed by atoms with van der Waals surface area (Å²) in [5, 5.41) is 7.86. The lowest BCUT2D eigenvalue weighted by Crippen LogP contribution is -2.40. The highest BCUT2D eigenvalue weighted by molar-refractivity contribution is 7.88. The van der Waals surface area contributed by atoms with Crippen LogP contribution in [-0.2, 0) is 23.1 Å². The minimum atomic E-state index is -3.07. The van der Waals surface area contributed by atoms with Crippen molar-refractivity contribution in [3.05, 3.63) is 17.5 Å². The first kappa shape index (κ1) is 16.5. The molecule has 0 aliphatic carbocycles. The average molecular weight is 314 g/mol. The minimum Gasteiger partial charge on any atom is -0.313 e. The van der Waals surface area contributed by atoms with E-state index in [2.05, 4.69) is 23.5 Å². The molecule has 0 radical (unpaired) electrons. The van der Waals surface area contributed by atoms with Crippen LogP contribution in [0.2, 0.25) is 0 Å². The molecular weight excluding hydrogens is 288 g/mol. The highest BCUT2D eigenvalue weighted by Gasteiger charge is 2.26. The van der Waals surface area contributed by atoms with Gasteiger partial charge in [-0.2, -0.15) is 5.10 Å². The van der Waals surface area contributed by atoms with Gasteiger partial charge in [0.25, 0.3) is 0 Å². The number of nitrogens with zero attached hydrogens (tertiary/aromatic N) is 3. The lowest BCUT2D eigenvalue weighted by molar-refractivity contribution is 0.240. The van der Waals surface area contributed by atoms with E-state index in [1.807, 2.05) is 11.6 Å². The van der Waals surface area contributed by atoms with Gasteiger partial charge in [-0.15, -0.1) is 0 Å². The van der Waals surface area contributed by atoms with Gasteiger partial charge in [0.05, 0.1) is 11.9 Å². The van der Waals surface area contributed by atoms with E-state index >= 15 is 0 Å². The van der Waals surface area contributed by atoms with Gasteiger partial charge in [0, 0.05) is 37.9 Å². The summed E-state index contributed by atoms with van der Waals surface area (Å²) in [7, 11) is -3.07. The van der Waals surface area contributed by atoms with Gasteiger partial charge in [0.1, 0.15) is 0 Å². The normalized spacial score (nSPS) is 20.8. The summed E-state index contributed by atoms with van der Waals surface area (Å²) < 4.78 is 26.9. The fourth-order valence-electron chi connectivity index (χ4n) is 2.83. The fraction of sp³-hybridized carbons (Fsp3) is 0.786. The van der Waals surface area contributed by atoms with Crippen molar-refractivity contribution >= 4 is 10.0 Å². The Morgan fingerprint density at radius 3 is 2.90 bits per heavy atom. The van der Waals surface area contributed by atoms with E-state index < -0.39 is 10.0 Å². The smallest absolute Gasteiger partial charge is 0.211 e. The van der Waals surface area contributed by atoms with Crippen LogP contribution in [0, 0.1) is 12.8 Å². The van der Waals surface area contributed by atoms with E-state index in [4.69, 9.17) is 0 Å². The van der Waals surface area contributed by atoms with Crippen LogP contribution in [0.5, 0.6) is 0 Å². The number of aromatic nitrogens is 2. The van der Waals surface area contributed by atoms with Crippen LogP contribution in [-0.4, -0.2) is 48.4 Å². The molecular formula is C14H26N4O2S. The van der Waals surface area contributed by atoms with Crippen LogP contribution in [0.25, 0.3) is 0 Å². The molecule has 21 heavy (non-hydrogen) atoms. The van der Waals surface area contributed by atoms with Crippen LogP contribution < -0.4 is 5.32 Å². The first-order valence-corrected chi connectivity index (χ1v) is 9.43. The molecule has 2 heterocycles. The van der Waals surface area contributed by atoms with E-state index in [0.29, 0.717) is 19.0 Å². The summed E-state index contributed by atoms with van der Waals surface area (Å²) in [4.78, 5) is 0. The van der Waals surface area contributed by atoms with Gasteiger partial charge in [-0.25, -0.2) is 12.7 Å². The Balaban J connectivity index is 1.98. The van der Waals surface area contributed by atoms with E-state index in [0.717, 1.165) is 38.2 Å². The van der Waals surface area contributed by atoms with Gasteiger partial charge in [0.15, 0.2) is 0 Å². The molecule has 1 aromatic heterocycles. The molecule has 1 aromatic rings. The standard InChI is InChI=1S/C14H26N4O2S/c1-4-15-8-14-11-17(16-12(14)2)9-13-6-5-7-18(10-13)21(3,19)20/h11,13,15H,4-10H2,1-3H3. The molecule has 2 rings (SSSR count). The van der Waals surface area contributed by atoms with Crippen molar-refractivity contribution in [3.63, 3.8) is 0 Å². The predicted molar refractivity (Wildman–Crippen MR) is 83.5 cm³/mol. The molecule has 0 bridgehead atoms. The second kappa shape index (κ2) is 6.89. The first-order valence-electron chi connectivity index (χ1n) is 7.59. The Hall–Kier alpha value is -0.920. The summed E-state index contributed by atoms with van der Waals surface area (Å²) in [5.41, 5.74) is 2.26. The van der Waals surface area contributed by atoms with E-state index in [1.165, 1.54) is 11.8 Å². The summed E-state index contributed by atoms with van der Waals surface area (Å²) in [6, 6.07) is 0. The maximum Gasteiger partial charge on any atom is 0.211 e. The highest BCUT2D eigenvalue weighted by Crippen LogP contribution is 2.20. The number of hydrogen-bond donors (Lipinski definition) is 1. The number of piperidine rings is 1. The Labute approximate surface area is 127 Å². The predicted octanol–water partition coefficient (Wildman–Crippen LogP) is 0.973. The Bertz CT molecular complexity index is 568. The number of nitrogens with one attached hydrogen (secondary N) is 1. The molecule has 1 aliphatic heterocycles. The van der Waals surface area contributed by atoms with Crippen molar-refractivity contribution in [1.29, 1.82) is 0 Å². The molecule has 1 N–H and O–H groups in total. The van der Waals surface area contributed by atoms with E-state index in [9.17, 15) is 8.42 Å². The number of sulfonamides is 1. The zero-order chi connectivity index (χ0) is 15.5. The summed E-state index contributed by atoms with van der Waals surface area (Å²) in [6.45, 7) is 7.94. The number of aryl methyl sites for hydroxylation is 1. The SMILES string of the molecule is CCNCc1cn(CC2CCCN(S(C)(=O)=O)C2)nc1C. The maximum atomic E-state index is 11.7. The summed E-state index contributed by atoms with van der Waals surface area (Å²) in [5.74, 6) is 0.347. The quantitative estimate of drug-likeness (QED) is 0.850. The lowest BCUT2D eigenvalue weighted by atomic mass is 10.00. The van der Waals surface area contributed by atoms with Crippen molar-refractivity contribution in [2.75, 3.05) is 25.9 Å². The summed E-state index contributed by atoms with van der Waals surface area (Å²) in [6.07, 6.45) is 5.37. The van der Waals surface area contributed by atoms with Crippen LogP contribution in [0.15, 0.2) is 6.20 Å². The molecule has 1 fully saturated rings. The van der Waals surface area contributed by atoms with Crippen molar-refractivity contribution in [1.82, 2.24) is 19.4 Å². The van der Waals surface area contributed by atoms with Gasteiger partial charge in [0.2, 0.25) is 10.0 Å². The molecule has 1 atom stereocenters. The van der Waals surface area contributed by atoms with Crippen LogP contribution in [0.4, 0.5) is 0 Å². The van der Waals surface area contributed by atoms with E-state index in [1.54, 1.807) is 4.31 Å². The molecule has 0 saturated carbocycles. The van der Waals surface area contributed by atoms with Crippen molar-refractivity contribution in [2.45, 2.75) is 39.8 Å². The molecule has 1 unspecified atom stereocenters. The van der Waals surface area contributed by atoms with Crippen LogP contribution in [0.3, 0.4) is 0 Å². The molecule has 6 nitrogen and oxygen atoms in total. The number of hydrogen-bond acceptors (Lipinski definition) is 4. The third-order valence-electron chi connectivity index (χ3n) is 4.01. The maximum absolute atomic E-state index is 11.7. The third kappa shape index (κ3) is 4.52. The fourth-order valence-corrected chi connectivity index (χ4v) is 3.77. The topological polar surface area (TPSA) is 67.2 Å². The number of rotatable bonds is 6. The molecule has 0 spiro atoms. The van der Waals surface area contributed by atoms with E-state index in [-0.39, 0.29) is 0 Å². The van der Waals surface area contributed by atoms with Gasteiger partial charge in [-0.3, -0.25) is 4.68 Å². The molecule has 0 aromatic carbocycles. The Kier molecular flexibility index (Phi) is 5.40. The lowest BCUT2D eigenvalue weighted by Gasteiger charge is -2.30. The Morgan fingerprint density at radius 2 is 2.24 bits per heavy atom. The first-order chi connectivity index (χ1) is 9.90. The Morgan fingerprint density at radius 1 is 1.48 bits per heavy atom. The molecule has 0 amide bonds. The van der Waals surface area contributed by atoms with Gasteiger partial charge >= 0.3 is 0 Å². The average Bonchev–Trinajstić information content (AvgIpc) is 2.76. The molecule has 1 saturated heterocycles. The second-order valence-corrected chi connectivity index (χ2v) is 7.85. The van der Waals surface area contributed by atoms with Gasteiger partial charge in [-0.05, 0) is 32.2 Å². The van der Waals surface area contributed by atoms with Crippen molar-refractivity contribution < 1.29 is 8.42 Å². The van der Waals surface area contributed by atoms with Gasteiger partial charge in [-0.1, -0.05) is 6.92 Å². The van der Waals surface area contributed by atoms with Crippen molar-refractivity contribution in [2.24, 2.45) is 5.92 Å². The molecule has 1 aliphatic rings. The highest BCUT2D eigenvalue weighted by atomic mass is 32.2. The minimum absolute atomic E-state index is 0.347. The second-order valence-electron chi connectivity index (χ2n) is 5.87. The van der Waals surface area contributed by atoms with Crippen LogP contribution >= 0.6 is 0 Å². The van der Waals surface area contributed by atoms with Crippen LogP contribution in [0.1, 0.15) is 31.0 Å². The molecule has 120 valence electrons. The summed E-state index contributed by atoms with van der Waals surface area (Å²) >= 11 is 0.